The number of thiophene rings is 1. The standard InChI is InChI=1S/C10H10Cl2N4S/c1-6(7-4-3-5-17-7)16(2)10-14-8(11)13-9(12)15-10/h3-6H,1-2H3. The van der Waals surface area contributed by atoms with E-state index >= 15 is 0 Å². The second-order valence-corrected chi connectivity index (χ2v) is 5.13. The van der Waals surface area contributed by atoms with E-state index in [-0.39, 0.29) is 16.6 Å². The maximum atomic E-state index is 5.75. The van der Waals surface area contributed by atoms with Crippen molar-refractivity contribution in [1.82, 2.24) is 15.0 Å². The van der Waals surface area contributed by atoms with E-state index in [1.54, 1.807) is 11.3 Å². The highest BCUT2D eigenvalue weighted by atomic mass is 35.5. The molecule has 0 N–H and O–H groups in total. The average molecular weight is 289 g/mol. The van der Waals surface area contributed by atoms with Gasteiger partial charge in [-0.2, -0.15) is 15.0 Å². The predicted molar refractivity (Wildman–Crippen MR) is 71.0 cm³/mol. The van der Waals surface area contributed by atoms with Crippen LogP contribution in [-0.4, -0.2) is 22.0 Å². The normalized spacial score (nSPS) is 12.5. The lowest BCUT2D eigenvalue weighted by atomic mass is 10.2. The van der Waals surface area contributed by atoms with Crippen molar-refractivity contribution in [3.05, 3.63) is 33.0 Å². The third kappa shape index (κ3) is 2.86. The van der Waals surface area contributed by atoms with E-state index in [2.05, 4.69) is 27.9 Å². The molecule has 0 saturated carbocycles. The van der Waals surface area contributed by atoms with Gasteiger partial charge in [0.05, 0.1) is 6.04 Å². The highest BCUT2D eigenvalue weighted by Gasteiger charge is 2.16. The zero-order chi connectivity index (χ0) is 12.4. The van der Waals surface area contributed by atoms with Gasteiger partial charge < -0.3 is 4.90 Å². The van der Waals surface area contributed by atoms with Gasteiger partial charge in [-0.25, -0.2) is 0 Å². The van der Waals surface area contributed by atoms with Crippen LogP contribution in [0.5, 0.6) is 0 Å². The van der Waals surface area contributed by atoms with Crippen LogP contribution >= 0.6 is 34.5 Å². The summed E-state index contributed by atoms with van der Waals surface area (Å²) in [5, 5.41) is 2.24. The minimum absolute atomic E-state index is 0.102. The predicted octanol–water partition coefficient (Wildman–Crippen LogP) is 3.44. The molecule has 0 bridgehead atoms. The van der Waals surface area contributed by atoms with Gasteiger partial charge >= 0.3 is 0 Å². The van der Waals surface area contributed by atoms with E-state index in [9.17, 15) is 0 Å². The maximum absolute atomic E-state index is 5.75. The third-order valence-corrected chi connectivity index (χ3v) is 3.80. The summed E-state index contributed by atoms with van der Waals surface area (Å²) in [5.74, 6) is 0.468. The molecule has 2 rings (SSSR count). The quantitative estimate of drug-likeness (QED) is 0.868. The molecule has 2 aromatic heterocycles. The number of rotatable bonds is 3. The minimum atomic E-state index is 0.102. The molecule has 0 fully saturated rings. The zero-order valence-corrected chi connectivity index (χ0v) is 11.6. The summed E-state index contributed by atoms with van der Waals surface area (Å²) >= 11 is 13.2. The molecule has 0 aliphatic rings. The molecule has 0 aliphatic heterocycles. The van der Waals surface area contributed by atoms with E-state index < -0.39 is 0 Å². The SMILES string of the molecule is CC(c1cccs1)N(C)c1nc(Cl)nc(Cl)n1. The van der Waals surface area contributed by atoms with Crippen LogP contribution in [0.4, 0.5) is 5.95 Å². The van der Waals surface area contributed by atoms with E-state index in [0.717, 1.165) is 0 Å². The van der Waals surface area contributed by atoms with Crippen molar-refractivity contribution >= 4 is 40.5 Å². The molecule has 0 aliphatic carbocycles. The lowest BCUT2D eigenvalue weighted by Gasteiger charge is -2.23. The van der Waals surface area contributed by atoms with Gasteiger partial charge in [0.2, 0.25) is 16.5 Å². The number of hydrogen-bond acceptors (Lipinski definition) is 5. The Morgan fingerprint density at radius 3 is 2.41 bits per heavy atom. The van der Waals surface area contributed by atoms with Crippen LogP contribution < -0.4 is 4.90 Å². The van der Waals surface area contributed by atoms with Gasteiger partial charge in [-0.3, -0.25) is 0 Å². The van der Waals surface area contributed by atoms with E-state index in [4.69, 9.17) is 23.2 Å². The van der Waals surface area contributed by atoms with Crippen LogP contribution in [0.3, 0.4) is 0 Å². The highest BCUT2D eigenvalue weighted by molar-refractivity contribution is 7.10. The van der Waals surface area contributed by atoms with E-state index in [1.807, 2.05) is 23.4 Å². The first-order valence-corrected chi connectivity index (χ1v) is 6.55. The molecule has 1 unspecified atom stereocenters. The highest BCUT2D eigenvalue weighted by Crippen LogP contribution is 2.26. The van der Waals surface area contributed by atoms with Gasteiger partial charge in [-0.15, -0.1) is 11.3 Å². The molecule has 90 valence electrons. The van der Waals surface area contributed by atoms with Crippen molar-refractivity contribution < 1.29 is 0 Å². The van der Waals surface area contributed by atoms with Crippen molar-refractivity contribution in [2.45, 2.75) is 13.0 Å². The molecule has 0 saturated heterocycles. The molecule has 2 aromatic rings. The molecule has 4 nitrogen and oxygen atoms in total. The molecule has 2 heterocycles. The fourth-order valence-corrected chi connectivity index (χ4v) is 2.55. The fourth-order valence-electron chi connectivity index (χ4n) is 1.37. The zero-order valence-electron chi connectivity index (χ0n) is 9.26. The number of anilines is 1. The Morgan fingerprint density at radius 2 is 1.88 bits per heavy atom. The molecule has 7 heteroatoms. The summed E-state index contributed by atoms with van der Waals surface area (Å²) in [6.07, 6.45) is 0. The average Bonchev–Trinajstić information content (AvgIpc) is 2.79. The minimum Gasteiger partial charge on any atom is -0.336 e. The Hall–Kier alpha value is -0.910. The van der Waals surface area contributed by atoms with Gasteiger partial charge in [-0.1, -0.05) is 6.07 Å². The van der Waals surface area contributed by atoms with Crippen LogP contribution in [0.2, 0.25) is 10.6 Å². The number of hydrogen-bond donors (Lipinski definition) is 0. The molecule has 17 heavy (non-hydrogen) atoms. The van der Waals surface area contributed by atoms with Crippen LogP contribution in [-0.2, 0) is 0 Å². The monoisotopic (exact) mass is 288 g/mol. The molecule has 0 aromatic carbocycles. The third-order valence-electron chi connectivity index (χ3n) is 2.42. The van der Waals surface area contributed by atoms with Gasteiger partial charge in [0, 0.05) is 11.9 Å². The van der Waals surface area contributed by atoms with Gasteiger partial charge in [-0.05, 0) is 41.6 Å². The second-order valence-electron chi connectivity index (χ2n) is 3.48. The smallest absolute Gasteiger partial charge is 0.231 e. The summed E-state index contributed by atoms with van der Waals surface area (Å²) in [4.78, 5) is 15.0. The van der Waals surface area contributed by atoms with Crippen LogP contribution in [0.25, 0.3) is 0 Å². The Bertz CT molecular complexity index is 483. The van der Waals surface area contributed by atoms with Crippen molar-refractivity contribution in [3.63, 3.8) is 0 Å². The summed E-state index contributed by atoms with van der Waals surface area (Å²) in [7, 11) is 1.90. The van der Waals surface area contributed by atoms with Gasteiger partial charge in [0.15, 0.2) is 0 Å². The largest absolute Gasteiger partial charge is 0.336 e. The first kappa shape index (κ1) is 12.5. The molecular weight excluding hydrogens is 279 g/mol. The lowest BCUT2D eigenvalue weighted by molar-refractivity contribution is 0.723. The number of halogens is 2. The number of aromatic nitrogens is 3. The molecule has 0 radical (unpaired) electrons. The summed E-state index contributed by atoms with van der Waals surface area (Å²) in [5.41, 5.74) is 0. The van der Waals surface area contributed by atoms with Crippen molar-refractivity contribution in [3.8, 4) is 0 Å². The molecular formula is C10H10Cl2N4S. The van der Waals surface area contributed by atoms with Crippen molar-refractivity contribution in [2.75, 3.05) is 11.9 Å². The summed E-state index contributed by atoms with van der Waals surface area (Å²) in [6, 6.07) is 4.23. The Labute approximate surface area is 113 Å². The fraction of sp³-hybridized carbons (Fsp3) is 0.300. The first-order chi connectivity index (χ1) is 8.08. The summed E-state index contributed by atoms with van der Waals surface area (Å²) < 4.78 is 0. The second kappa shape index (κ2) is 5.16. The van der Waals surface area contributed by atoms with Crippen LogP contribution in [0.1, 0.15) is 17.8 Å². The lowest BCUT2D eigenvalue weighted by Crippen LogP contribution is -2.23. The van der Waals surface area contributed by atoms with Gasteiger partial charge in [0.1, 0.15) is 0 Å². The van der Waals surface area contributed by atoms with E-state index in [0.29, 0.717) is 5.95 Å². The number of nitrogens with zero attached hydrogens (tertiary/aromatic N) is 4. The van der Waals surface area contributed by atoms with Crippen LogP contribution in [0, 0.1) is 0 Å². The summed E-state index contributed by atoms with van der Waals surface area (Å²) in [6.45, 7) is 2.07. The van der Waals surface area contributed by atoms with Gasteiger partial charge in [0.25, 0.3) is 0 Å². The van der Waals surface area contributed by atoms with Crippen molar-refractivity contribution in [2.24, 2.45) is 0 Å². The van der Waals surface area contributed by atoms with Crippen LogP contribution in [0.15, 0.2) is 17.5 Å². The molecule has 0 amide bonds. The molecule has 0 spiro atoms. The molecule has 1 atom stereocenters. The first-order valence-electron chi connectivity index (χ1n) is 4.91. The van der Waals surface area contributed by atoms with E-state index in [1.165, 1.54) is 4.88 Å². The topological polar surface area (TPSA) is 41.9 Å². The van der Waals surface area contributed by atoms with Crippen molar-refractivity contribution in [1.29, 1.82) is 0 Å². The maximum Gasteiger partial charge on any atom is 0.231 e. The Morgan fingerprint density at radius 1 is 1.24 bits per heavy atom. The Kier molecular flexibility index (Phi) is 3.81. The Balaban J connectivity index is 2.27.